The van der Waals surface area contributed by atoms with E-state index in [1.807, 2.05) is 12.1 Å². The predicted molar refractivity (Wildman–Crippen MR) is 209 cm³/mol. The summed E-state index contributed by atoms with van der Waals surface area (Å²) in [5.74, 6) is 0.368. The number of hydrogen-bond donors (Lipinski definition) is 0. The summed E-state index contributed by atoms with van der Waals surface area (Å²) in [5.41, 5.74) is 0.0755. The number of nitrogens with zero attached hydrogens (tertiary/aromatic N) is 4. The summed E-state index contributed by atoms with van der Waals surface area (Å²) in [4.78, 5) is 14.4. The van der Waals surface area contributed by atoms with Crippen LogP contribution in [0.3, 0.4) is 0 Å². The zero-order valence-corrected chi connectivity index (χ0v) is 26.5. The Morgan fingerprint density at radius 1 is 0.460 bits per heavy atom. The molecule has 0 saturated heterocycles. The SMILES string of the molecule is [2H]c1cc(-c2nc(-c3ccccc3)nc(-c3ccccc3)n2)c([2H])c(-n2c3c([2H])cc([2H])c([2H])c3c3c([2H])c([2H])cc([2H])c32)c1-c1c([2H])c([2H])c([2H])c2c1sc1c([2H])c([2H])c([2H])c([2H])c12. The monoisotopic (exact) mass is 671 g/mol. The first-order valence-corrected chi connectivity index (χ1v) is 16.3. The minimum absolute atomic E-state index is 0.0241. The van der Waals surface area contributed by atoms with E-state index in [1.54, 1.807) is 48.5 Å². The van der Waals surface area contributed by atoms with Crippen LogP contribution in [0.15, 0.2) is 169 Å². The van der Waals surface area contributed by atoms with Crippen LogP contribution in [0.4, 0.5) is 0 Å². The Morgan fingerprint density at radius 2 is 1.04 bits per heavy atom. The topological polar surface area (TPSA) is 43.6 Å². The molecule has 10 rings (SSSR count). The summed E-state index contributed by atoms with van der Waals surface area (Å²) in [6, 6.07) is 14.5. The van der Waals surface area contributed by atoms with E-state index in [0.717, 1.165) is 23.5 Å². The van der Waals surface area contributed by atoms with Crippen molar-refractivity contribution >= 4 is 53.3 Å². The van der Waals surface area contributed by atoms with E-state index in [9.17, 15) is 6.85 Å². The van der Waals surface area contributed by atoms with Crippen molar-refractivity contribution in [2.75, 3.05) is 0 Å². The lowest BCUT2D eigenvalue weighted by Crippen LogP contribution is -2.02. The summed E-state index contributed by atoms with van der Waals surface area (Å²) in [5, 5.41) is -0.443. The van der Waals surface area contributed by atoms with Crippen molar-refractivity contribution in [3.05, 3.63) is 169 Å². The first-order valence-electron chi connectivity index (χ1n) is 23.0. The molecular weight excluding hydrogens is 629 g/mol. The van der Waals surface area contributed by atoms with Crippen LogP contribution < -0.4 is 0 Å². The Hall–Kier alpha value is -6.43. The molecule has 234 valence electrons. The Kier molecular flexibility index (Phi) is 4.02. The molecule has 0 fully saturated rings. The van der Waals surface area contributed by atoms with Crippen LogP contribution in [0.2, 0.25) is 0 Å². The third-order valence-electron chi connectivity index (χ3n) is 8.33. The van der Waals surface area contributed by atoms with Gasteiger partial charge in [0.15, 0.2) is 17.5 Å². The van der Waals surface area contributed by atoms with Crippen molar-refractivity contribution in [3.8, 4) is 51.0 Å². The smallest absolute Gasteiger partial charge is 0.164 e. The van der Waals surface area contributed by atoms with Gasteiger partial charge in [0.05, 0.1) is 37.3 Å². The second-order valence-electron chi connectivity index (χ2n) is 11.2. The van der Waals surface area contributed by atoms with Gasteiger partial charge in [-0.05, 0) is 24.2 Å². The Bertz CT molecular complexity index is 3600. The first kappa shape index (κ1) is 17.3. The average molecular weight is 672 g/mol. The van der Waals surface area contributed by atoms with Crippen LogP contribution in [0.1, 0.15) is 20.6 Å². The van der Waals surface area contributed by atoms with Crippen LogP contribution in [0.25, 0.3) is 93.0 Å². The number of fused-ring (bicyclic) bond motifs is 6. The predicted octanol–water partition coefficient (Wildman–Crippen LogP) is 12.0. The van der Waals surface area contributed by atoms with Crippen LogP contribution in [-0.4, -0.2) is 19.5 Å². The van der Waals surface area contributed by atoms with E-state index < -0.39 is 66.5 Å². The van der Waals surface area contributed by atoms with E-state index in [2.05, 4.69) is 0 Å². The van der Waals surface area contributed by atoms with Crippen LogP contribution in [-0.2, 0) is 0 Å². The molecule has 0 radical (unpaired) electrons. The van der Waals surface area contributed by atoms with E-state index in [1.165, 1.54) is 10.6 Å². The average Bonchev–Trinajstić information content (AvgIpc) is 3.88. The van der Waals surface area contributed by atoms with Crippen molar-refractivity contribution in [1.29, 1.82) is 0 Å². The first-order chi connectivity index (χ1) is 31.0. The molecule has 10 aromatic rings. The van der Waals surface area contributed by atoms with Gasteiger partial charge in [-0.25, -0.2) is 15.0 Å². The maximum atomic E-state index is 10.2. The van der Waals surface area contributed by atoms with Gasteiger partial charge in [0.25, 0.3) is 0 Å². The molecular formula is C45H28N4S. The lowest BCUT2D eigenvalue weighted by atomic mass is 9.98. The molecule has 4 nitrogen and oxygen atoms in total. The highest BCUT2D eigenvalue weighted by atomic mass is 32.1. The maximum absolute atomic E-state index is 10.2. The lowest BCUT2D eigenvalue weighted by molar-refractivity contribution is 1.07. The van der Waals surface area contributed by atoms with Gasteiger partial charge in [0.1, 0.15) is 0 Å². The maximum Gasteiger partial charge on any atom is 0.164 e. The number of thiophene rings is 1. The fourth-order valence-electron chi connectivity index (χ4n) is 6.09. The van der Waals surface area contributed by atoms with Crippen molar-refractivity contribution in [3.63, 3.8) is 0 Å². The molecule has 0 amide bonds. The molecule has 0 atom stereocenters. The number of hydrogen-bond acceptors (Lipinski definition) is 4. The molecule has 50 heavy (non-hydrogen) atoms. The van der Waals surface area contributed by atoms with E-state index >= 15 is 0 Å². The molecule has 0 spiro atoms. The van der Waals surface area contributed by atoms with Gasteiger partial charge in [0, 0.05) is 58.8 Å². The second-order valence-corrected chi connectivity index (χ2v) is 12.3. The number of rotatable bonds is 5. The molecule has 5 heteroatoms. The zero-order valence-electron chi connectivity index (χ0n) is 40.7. The largest absolute Gasteiger partial charge is 0.309 e. The summed E-state index contributed by atoms with van der Waals surface area (Å²) in [6.45, 7) is 0. The molecule has 0 saturated carbocycles. The molecule has 0 N–H and O–H groups in total. The number of para-hydroxylation sites is 2. The van der Waals surface area contributed by atoms with Gasteiger partial charge in [-0.3, -0.25) is 0 Å². The van der Waals surface area contributed by atoms with Gasteiger partial charge in [-0.1, -0.05) is 145 Å². The van der Waals surface area contributed by atoms with E-state index in [0.29, 0.717) is 11.1 Å². The Balaban J connectivity index is 1.45. The summed E-state index contributed by atoms with van der Waals surface area (Å²) in [6.07, 6.45) is 0. The minimum atomic E-state index is -0.651. The summed E-state index contributed by atoms with van der Waals surface area (Å²) >= 11 is 0.822. The van der Waals surface area contributed by atoms with Crippen molar-refractivity contribution in [2.45, 2.75) is 0 Å². The van der Waals surface area contributed by atoms with Gasteiger partial charge in [0.2, 0.25) is 0 Å². The van der Waals surface area contributed by atoms with Crippen molar-refractivity contribution < 1.29 is 20.6 Å². The molecule has 0 unspecified atom stereocenters. The van der Waals surface area contributed by atoms with Gasteiger partial charge >= 0.3 is 0 Å². The fourth-order valence-corrected chi connectivity index (χ4v) is 7.16. The van der Waals surface area contributed by atoms with E-state index in [4.69, 9.17) is 28.7 Å². The molecule has 0 aliphatic carbocycles. The minimum Gasteiger partial charge on any atom is -0.309 e. The Labute approximate surface area is 313 Å². The molecule has 3 aromatic heterocycles. The highest BCUT2D eigenvalue weighted by Gasteiger charge is 2.20. The highest BCUT2D eigenvalue weighted by molar-refractivity contribution is 7.26. The van der Waals surface area contributed by atoms with Gasteiger partial charge in [-0.15, -0.1) is 11.3 Å². The standard InChI is InChI=1S/C45H28N4S/c1-3-14-29(15-4-1)43-46-44(30-16-5-2-6-17-30)48-45(47-43)31-26-27-34(36-21-13-22-37-35-20-9-12-25-41(35)50-42(36)37)40(28-31)49-38-23-10-7-18-32(38)33-19-8-11-24-39(33)49/h1-28H/i7D,8D,9D,12D,13D,18D,19D,20D,21D,22D,23D,24D,25D,27D,28D. The van der Waals surface area contributed by atoms with Crippen LogP contribution >= 0.6 is 11.3 Å². The lowest BCUT2D eigenvalue weighted by Gasteiger charge is -2.17. The summed E-state index contributed by atoms with van der Waals surface area (Å²) in [7, 11) is 0. The van der Waals surface area contributed by atoms with Gasteiger partial charge < -0.3 is 4.57 Å². The normalized spacial score (nSPS) is 15.8. The third-order valence-corrected chi connectivity index (χ3v) is 9.45. The third kappa shape index (κ3) is 4.63. The molecule has 0 aliphatic rings. The molecule has 0 aliphatic heterocycles. The quantitative estimate of drug-likeness (QED) is 0.183. The zero-order chi connectivity index (χ0) is 46.1. The van der Waals surface area contributed by atoms with Crippen molar-refractivity contribution in [2.24, 2.45) is 0 Å². The summed E-state index contributed by atoms with van der Waals surface area (Å²) < 4.78 is 137. The second kappa shape index (κ2) is 11.6. The van der Waals surface area contributed by atoms with Crippen LogP contribution in [0.5, 0.6) is 0 Å². The molecule has 0 bridgehead atoms. The molecule has 3 heterocycles. The van der Waals surface area contributed by atoms with Crippen LogP contribution in [0, 0.1) is 0 Å². The number of aromatic nitrogens is 4. The Morgan fingerprint density at radius 3 is 1.70 bits per heavy atom. The number of benzene rings is 7. The van der Waals surface area contributed by atoms with Gasteiger partial charge in [-0.2, -0.15) is 0 Å². The highest BCUT2D eigenvalue weighted by Crippen LogP contribution is 2.44. The van der Waals surface area contributed by atoms with Crippen molar-refractivity contribution in [1.82, 2.24) is 19.5 Å². The molecule has 7 aromatic carbocycles. The fraction of sp³-hybridized carbons (Fsp3) is 0. The van der Waals surface area contributed by atoms with E-state index in [-0.39, 0.29) is 106 Å².